The van der Waals surface area contributed by atoms with Crippen LogP contribution in [0.1, 0.15) is 16.2 Å². The summed E-state index contributed by atoms with van der Waals surface area (Å²) in [6, 6.07) is 19.9. The number of rotatable bonds is 5. The van der Waals surface area contributed by atoms with Crippen LogP contribution in [-0.2, 0) is 0 Å². The van der Waals surface area contributed by atoms with Gasteiger partial charge in [0.1, 0.15) is 0 Å². The molecule has 0 fully saturated rings. The molecule has 1 amide bonds. The molecule has 0 aliphatic carbocycles. The number of aromatic hydroxyl groups is 3. The van der Waals surface area contributed by atoms with Gasteiger partial charge in [0.15, 0.2) is 17.3 Å². The van der Waals surface area contributed by atoms with Crippen LogP contribution in [0, 0.1) is 0 Å². The highest BCUT2D eigenvalue weighted by atomic mass is 79.9. The van der Waals surface area contributed by atoms with Gasteiger partial charge in [0.2, 0.25) is 11.6 Å². The van der Waals surface area contributed by atoms with Crippen molar-refractivity contribution >= 4 is 28.1 Å². The average molecular weight is 494 g/mol. The van der Waals surface area contributed by atoms with Gasteiger partial charge in [0.05, 0.1) is 16.4 Å². The summed E-state index contributed by atoms with van der Waals surface area (Å²) in [5.41, 5.74) is 3.87. The van der Waals surface area contributed by atoms with E-state index in [1.54, 1.807) is 4.68 Å². The lowest BCUT2D eigenvalue weighted by Crippen LogP contribution is -2.19. The lowest BCUT2D eigenvalue weighted by molar-refractivity contribution is 0.0945. The topological polar surface area (TPSA) is 133 Å². The average Bonchev–Trinajstić information content (AvgIpc) is 3.28. The number of amides is 1. The fraction of sp³-hybridized carbons (Fsp3) is 0. The van der Waals surface area contributed by atoms with E-state index < -0.39 is 23.2 Å². The van der Waals surface area contributed by atoms with Crippen LogP contribution in [0.25, 0.3) is 17.1 Å². The third-order valence-electron chi connectivity index (χ3n) is 4.44. The normalized spacial score (nSPS) is 11.0. The van der Waals surface area contributed by atoms with Gasteiger partial charge < -0.3 is 15.3 Å². The van der Waals surface area contributed by atoms with Gasteiger partial charge in [0, 0.05) is 11.1 Å². The number of carbonyl (C=O) groups is 1. The molecule has 4 aromatic rings. The molecular weight excluding hydrogens is 478 g/mol. The van der Waals surface area contributed by atoms with Crippen molar-refractivity contribution in [3.05, 3.63) is 82.6 Å². The molecule has 4 N–H and O–H groups in total. The first-order valence-corrected chi connectivity index (χ1v) is 10.1. The van der Waals surface area contributed by atoms with Crippen LogP contribution in [0.4, 0.5) is 0 Å². The molecular formula is C22H16BrN5O4. The Kier molecular flexibility index (Phi) is 5.86. The molecule has 3 aromatic carbocycles. The van der Waals surface area contributed by atoms with Crippen LogP contribution in [0.5, 0.6) is 17.2 Å². The van der Waals surface area contributed by atoms with E-state index in [4.69, 9.17) is 0 Å². The summed E-state index contributed by atoms with van der Waals surface area (Å²) in [5.74, 6) is -2.09. The standard InChI is InChI=1S/C22H16BrN5O4/c23-16-11-14(17(29)19(31)18(16)30)12-24-26-22(32)20-25-21(13-7-3-1-4-8-13)28(27-20)15-9-5-2-6-10-15/h1-12,29-31H,(H,26,32)/b24-12+. The molecule has 4 rings (SSSR count). The number of hydrazone groups is 1. The molecule has 0 bridgehead atoms. The molecule has 0 aliphatic rings. The first kappa shape index (κ1) is 21.1. The first-order valence-electron chi connectivity index (χ1n) is 9.30. The quantitative estimate of drug-likeness (QED) is 0.191. The number of phenolic OH excluding ortho intramolecular Hbond substituents is 3. The summed E-state index contributed by atoms with van der Waals surface area (Å²) in [6.07, 6.45) is 1.11. The predicted molar refractivity (Wildman–Crippen MR) is 121 cm³/mol. The maximum Gasteiger partial charge on any atom is 0.311 e. The minimum Gasteiger partial charge on any atom is -0.504 e. The molecule has 32 heavy (non-hydrogen) atoms. The highest BCUT2D eigenvalue weighted by molar-refractivity contribution is 9.10. The van der Waals surface area contributed by atoms with Crippen LogP contribution in [-0.4, -0.2) is 42.2 Å². The Bertz CT molecular complexity index is 1250. The van der Waals surface area contributed by atoms with Crippen molar-refractivity contribution in [2.45, 2.75) is 0 Å². The molecule has 0 saturated carbocycles. The van der Waals surface area contributed by atoms with Gasteiger partial charge in [-0.05, 0) is 34.1 Å². The smallest absolute Gasteiger partial charge is 0.311 e. The molecule has 0 radical (unpaired) electrons. The van der Waals surface area contributed by atoms with E-state index in [0.29, 0.717) is 5.82 Å². The van der Waals surface area contributed by atoms with E-state index in [0.717, 1.165) is 17.5 Å². The van der Waals surface area contributed by atoms with Gasteiger partial charge in [-0.1, -0.05) is 48.5 Å². The molecule has 0 atom stereocenters. The number of benzene rings is 3. The summed E-state index contributed by atoms with van der Waals surface area (Å²) in [7, 11) is 0. The SMILES string of the molecule is O=C(N/N=C/c1cc(Br)c(O)c(O)c1O)c1nc(-c2ccccc2)n(-c2ccccc2)n1. The number of nitrogens with zero attached hydrogens (tertiary/aromatic N) is 4. The minimum atomic E-state index is -0.706. The van der Waals surface area contributed by atoms with Gasteiger partial charge in [0.25, 0.3) is 0 Å². The van der Waals surface area contributed by atoms with Crippen molar-refractivity contribution in [2.24, 2.45) is 5.10 Å². The fourth-order valence-corrected chi connectivity index (χ4v) is 3.31. The van der Waals surface area contributed by atoms with Crippen molar-refractivity contribution in [1.82, 2.24) is 20.2 Å². The van der Waals surface area contributed by atoms with Gasteiger partial charge in [-0.25, -0.2) is 15.1 Å². The Hall–Kier alpha value is -4.18. The van der Waals surface area contributed by atoms with E-state index in [1.165, 1.54) is 6.07 Å². The maximum atomic E-state index is 12.6. The number of hydrogen-bond acceptors (Lipinski definition) is 7. The molecule has 0 spiro atoms. The molecule has 0 aliphatic heterocycles. The molecule has 10 heteroatoms. The summed E-state index contributed by atoms with van der Waals surface area (Å²) in [6.45, 7) is 0. The number of aromatic nitrogens is 3. The molecule has 160 valence electrons. The van der Waals surface area contributed by atoms with E-state index in [2.05, 4.69) is 36.5 Å². The highest BCUT2D eigenvalue weighted by Crippen LogP contribution is 2.42. The second-order valence-electron chi connectivity index (χ2n) is 6.56. The number of phenols is 3. The summed E-state index contributed by atoms with van der Waals surface area (Å²) >= 11 is 3.05. The van der Waals surface area contributed by atoms with Crippen LogP contribution < -0.4 is 5.43 Å². The summed E-state index contributed by atoms with van der Waals surface area (Å²) in [4.78, 5) is 17.0. The number of halogens is 1. The first-order chi connectivity index (χ1) is 15.5. The van der Waals surface area contributed by atoms with Crippen LogP contribution in [0.15, 0.2) is 76.3 Å². The highest BCUT2D eigenvalue weighted by Gasteiger charge is 2.19. The largest absolute Gasteiger partial charge is 0.504 e. The zero-order valence-corrected chi connectivity index (χ0v) is 17.9. The van der Waals surface area contributed by atoms with Gasteiger partial charge in [-0.3, -0.25) is 4.79 Å². The lowest BCUT2D eigenvalue weighted by Gasteiger charge is -2.05. The van der Waals surface area contributed by atoms with Crippen molar-refractivity contribution in [3.8, 4) is 34.3 Å². The summed E-state index contributed by atoms with van der Waals surface area (Å²) in [5, 5.41) is 37.3. The zero-order chi connectivity index (χ0) is 22.7. The van der Waals surface area contributed by atoms with Crippen molar-refractivity contribution in [3.63, 3.8) is 0 Å². The molecule has 1 heterocycles. The third-order valence-corrected chi connectivity index (χ3v) is 5.05. The van der Waals surface area contributed by atoms with Gasteiger partial charge in [-0.15, -0.1) is 5.10 Å². The van der Waals surface area contributed by atoms with Crippen molar-refractivity contribution in [1.29, 1.82) is 0 Å². The molecule has 1 aromatic heterocycles. The number of nitrogens with one attached hydrogen (secondary N) is 1. The third kappa shape index (κ3) is 4.16. The van der Waals surface area contributed by atoms with E-state index in [9.17, 15) is 20.1 Å². The van der Waals surface area contributed by atoms with Crippen molar-refractivity contribution < 1.29 is 20.1 Å². The Balaban J connectivity index is 1.62. The Morgan fingerprint density at radius 2 is 1.62 bits per heavy atom. The van der Waals surface area contributed by atoms with Gasteiger partial charge >= 0.3 is 5.91 Å². The van der Waals surface area contributed by atoms with E-state index >= 15 is 0 Å². The van der Waals surface area contributed by atoms with Gasteiger partial charge in [-0.2, -0.15) is 5.10 Å². The molecule has 0 saturated heterocycles. The fourth-order valence-electron chi connectivity index (χ4n) is 2.88. The second-order valence-corrected chi connectivity index (χ2v) is 7.42. The summed E-state index contributed by atoms with van der Waals surface area (Å²) < 4.78 is 1.71. The monoisotopic (exact) mass is 493 g/mol. The van der Waals surface area contributed by atoms with Crippen LogP contribution in [0.3, 0.4) is 0 Å². The number of hydrogen-bond donors (Lipinski definition) is 4. The predicted octanol–water partition coefficient (Wildman–Crippen LogP) is 3.58. The van der Waals surface area contributed by atoms with Crippen LogP contribution in [0.2, 0.25) is 0 Å². The maximum absolute atomic E-state index is 12.6. The second kappa shape index (κ2) is 8.90. The zero-order valence-electron chi connectivity index (χ0n) is 16.3. The Morgan fingerprint density at radius 1 is 0.969 bits per heavy atom. The number of para-hydroxylation sites is 1. The van der Waals surface area contributed by atoms with E-state index in [-0.39, 0.29) is 15.9 Å². The van der Waals surface area contributed by atoms with E-state index in [1.807, 2.05) is 60.7 Å². The molecule has 0 unspecified atom stereocenters. The van der Waals surface area contributed by atoms with Crippen LogP contribution >= 0.6 is 15.9 Å². The Labute approximate surface area is 190 Å². The number of carbonyl (C=O) groups excluding carboxylic acids is 1. The minimum absolute atomic E-state index is 0.0697. The lowest BCUT2D eigenvalue weighted by atomic mass is 10.2. The van der Waals surface area contributed by atoms with Crippen molar-refractivity contribution in [2.75, 3.05) is 0 Å². The molecule has 9 nitrogen and oxygen atoms in total. The Morgan fingerprint density at radius 3 is 2.31 bits per heavy atom.